The number of rotatable bonds is 7. The second kappa shape index (κ2) is 9.09. The first-order valence-electron chi connectivity index (χ1n) is 8.69. The molecule has 0 spiro atoms. The Morgan fingerprint density at radius 1 is 1.11 bits per heavy atom. The number of benzene rings is 2. The van der Waals surface area contributed by atoms with Crippen LogP contribution in [0.3, 0.4) is 0 Å². The van der Waals surface area contributed by atoms with Crippen molar-refractivity contribution in [2.24, 2.45) is 0 Å². The van der Waals surface area contributed by atoms with E-state index in [0.29, 0.717) is 5.13 Å². The minimum absolute atomic E-state index is 0.101. The number of amides is 1. The summed E-state index contributed by atoms with van der Waals surface area (Å²) < 4.78 is 20.0. The Hall–Kier alpha value is -2.55. The number of anilines is 2. The molecule has 28 heavy (non-hydrogen) atoms. The van der Waals surface area contributed by atoms with E-state index in [2.05, 4.69) is 10.3 Å². The third-order valence-corrected chi connectivity index (χ3v) is 5.76. The van der Waals surface area contributed by atoms with Crippen LogP contribution in [0.1, 0.15) is 23.7 Å². The third kappa shape index (κ3) is 5.48. The van der Waals surface area contributed by atoms with Gasteiger partial charge in [-0.3, -0.25) is 4.79 Å². The van der Waals surface area contributed by atoms with Crippen molar-refractivity contribution in [2.45, 2.75) is 25.5 Å². The van der Waals surface area contributed by atoms with Crippen LogP contribution in [-0.2, 0) is 34.5 Å². The third-order valence-electron chi connectivity index (χ3n) is 4.12. The van der Waals surface area contributed by atoms with Gasteiger partial charge in [0.2, 0.25) is 5.91 Å². The molecule has 3 rings (SSSR count). The van der Waals surface area contributed by atoms with Gasteiger partial charge in [-0.1, -0.05) is 47.7 Å². The smallest absolute Gasteiger partial charge is 0.223 e. The highest BCUT2D eigenvalue weighted by atomic mass is 32.2. The summed E-state index contributed by atoms with van der Waals surface area (Å²) in [5.41, 5.74) is 10.3. The number of aromatic nitrogens is 1. The highest BCUT2D eigenvalue weighted by Gasteiger charge is 2.14. The second-order valence-corrected chi connectivity index (χ2v) is 8.31. The lowest BCUT2D eigenvalue weighted by molar-refractivity contribution is -0.114. The summed E-state index contributed by atoms with van der Waals surface area (Å²) in [6, 6.07) is 15.3. The highest BCUT2D eigenvalue weighted by Crippen LogP contribution is 2.34. The summed E-state index contributed by atoms with van der Waals surface area (Å²) in [4.78, 5) is 17.0. The lowest BCUT2D eigenvalue weighted by Crippen LogP contribution is -2.05. The molecule has 146 valence electrons. The molecule has 0 aliphatic heterocycles. The van der Waals surface area contributed by atoms with Crippen molar-refractivity contribution < 1.29 is 13.6 Å². The molecular formula is C20H21N3O3S2. The Labute approximate surface area is 170 Å². The van der Waals surface area contributed by atoms with Gasteiger partial charge in [-0.05, 0) is 41.7 Å². The minimum Gasteiger partial charge on any atom is -0.399 e. The number of nitrogen functional groups attached to an aromatic ring is 1. The molecule has 1 heterocycles. The van der Waals surface area contributed by atoms with E-state index < -0.39 is 11.1 Å². The zero-order chi connectivity index (χ0) is 20.1. The van der Waals surface area contributed by atoms with Crippen molar-refractivity contribution in [3.63, 3.8) is 0 Å². The zero-order valence-corrected chi connectivity index (χ0v) is 17.0. The molecule has 0 saturated carbocycles. The number of nitrogens with two attached hydrogens (primary N) is 1. The van der Waals surface area contributed by atoms with Crippen molar-refractivity contribution >= 4 is 39.1 Å². The van der Waals surface area contributed by atoms with Gasteiger partial charge in [-0.25, -0.2) is 9.19 Å². The number of nitrogens with one attached hydrogen (secondary N) is 1. The summed E-state index contributed by atoms with van der Waals surface area (Å²) in [5.74, 6) is -0.0597. The second-order valence-electron chi connectivity index (χ2n) is 6.38. The van der Waals surface area contributed by atoms with Crippen LogP contribution in [0, 0.1) is 0 Å². The first kappa shape index (κ1) is 20.2. The van der Waals surface area contributed by atoms with Crippen molar-refractivity contribution in [3.05, 3.63) is 65.4 Å². The number of hydrogen-bond acceptors (Lipinski definition) is 5. The normalized spacial score (nSPS) is 11.9. The van der Waals surface area contributed by atoms with Gasteiger partial charge in [0.05, 0.1) is 16.3 Å². The molecule has 2 aromatic carbocycles. The number of carbonyl (C=O) groups is 1. The van der Waals surface area contributed by atoms with E-state index in [1.54, 1.807) is 0 Å². The number of hydrogen-bond donors (Lipinski definition) is 3. The molecule has 0 aliphatic carbocycles. The fraction of sp³-hybridized carbons (Fsp3) is 0.200. The maximum Gasteiger partial charge on any atom is 0.223 e. The lowest BCUT2D eigenvalue weighted by atomic mass is 10.0. The molecule has 1 atom stereocenters. The summed E-state index contributed by atoms with van der Waals surface area (Å²) >= 11 is -0.441. The van der Waals surface area contributed by atoms with Crippen LogP contribution in [0.5, 0.6) is 0 Å². The Morgan fingerprint density at radius 2 is 1.75 bits per heavy atom. The maximum absolute atomic E-state index is 11.4. The van der Waals surface area contributed by atoms with Gasteiger partial charge in [0.1, 0.15) is 0 Å². The Morgan fingerprint density at radius 3 is 2.36 bits per heavy atom. The Bertz CT molecular complexity index is 983. The first-order chi connectivity index (χ1) is 13.4. The van der Waals surface area contributed by atoms with E-state index in [0.717, 1.165) is 45.8 Å². The summed E-state index contributed by atoms with van der Waals surface area (Å²) in [6.45, 7) is 1.46. The van der Waals surface area contributed by atoms with E-state index in [1.165, 1.54) is 18.3 Å². The first-order valence-corrected chi connectivity index (χ1v) is 10.8. The van der Waals surface area contributed by atoms with Gasteiger partial charge in [0.25, 0.3) is 0 Å². The molecule has 1 aromatic heterocycles. The zero-order valence-electron chi connectivity index (χ0n) is 15.3. The minimum atomic E-state index is -1.87. The molecule has 6 nitrogen and oxygen atoms in total. The monoisotopic (exact) mass is 415 g/mol. The van der Waals surface area contributed by atoms with E-state index >= 15 is 0 Å². The predicted octanol–water partition coefficient (Wildman–Crippen LogP) is 3.86. The topological polar surface area (TPSA) is 105 Å². The van der Waals surface area contributed by atoms with E-state index in [9.17, 15) is 9.00 Å². The van der Waals surface area contributed by atoms with Crippen molar-refractivity contribution in [3.8, 4) is 10.4 Å². The molecule has 0 saturated heterocycles. The van der Waals surface area contributed by atoms with Gasteiger partial charge < -0.3 is 15.6 Å². The van der Waals surface area contributed by atoms with Crippen molar-refractivity contribution in [1.29, 1.82) is 0 Å². The Kier molecular flexibility index (Phi) is 6.56. The summed E-state index contributed by atoms with van der Waals surface area (Å²) in [7, 11) is 0. The quantitative estimate of drug-likeness (QED) is 0.401. The van der Waals surface area contributed by atoms with E-state index in [4.69, 9.17) is 10.3 Å². The highest BCUT2D eigenvalue weighted by molar-refractivity contribution is 7.78. The van der Waals surface area contributed by atoms with Gasteiger partial charge >= 0.3 is 0 Å². The number of nitrogens with zero attached hydrogens (tertiary/aromatic N) is 1. The van der Waals surface area contributed by atoms with Gasteiger partial charge in [-0.15, -0.1) is 0 Å². The van der Waals surface area contributed by atoms with Gasteiger partial charge in [0, 0.05) is 12.6 Å². The maximum atomic E-state index is 11.4. The number of carbonyl (C=O) groups excluding carboxylic acids is 1. The van der Waals surface area contributed by atoms with Crippen LogP contribution >= 0.6 is 11.3 Å². The Balaban J connectivity index is 1.85. The van der Waals surface area contributed by atoms with Crippen molar-refractivity contribution in [1.82, 2.24) is 4.98 Å². The van der Waals surface area contributed by atoms with E-state index in [-0.39, 0.29) is 11.7 Å². The molecular weight excluding hydrogens is 394 g/mol. The standard InChI is InChI=1S/C20H21N3O3S2/c1-13(24)22-20-23-18(11-6-14-4-9-17(21)10-5-14)19(27-20)16-7-2-15(3-8-16)12-28(25)26/h2-5,7-10H,6,11-12,21H2,1H3,(H,25,26)(H,22,23,24). The van der Waals surface area contributed by atoms with Crippen LogP contribution in [-0.4, -0.2) is 19.7 Å². The van der Waals surface area contributed by atoms with Crippen LogP contribution in [0.15, 0.2) is 48.5 Å². The van der Waals surface area contributed by atoms with Crippen LogP contribution < -0.4 is 11.1 Å². The molecule has 4 N–H and O–H groups in total. The predicted molar refractivity (Wildman–Crippen MR) is 115 cm³/mol. The lowest BCUT2D eigenvalue weighted by Gasteiger charge is -2.05. The van der Waals surface area contributed by atoms with Gasteiger partial charge in [-0.2, -0.15) is 0 Å². The summed E-state index contributed by atoms with van der Waals surface area (Å²) in [6.07, 6.45) is 1.52. The average Bonchev–Trinajstić information content (AvgIpc) is 3.03. The molecule has 1 unspecified atom stereocenters. The number of aryl methyl sites for hydroxylation is 2. The molecule has 3 aromatic rings. The van der Waals surface area contributed by atoms with Crippen LogP contribution in [0.25, 0.3) is 10.4 Å². The van der Waals surface area contributed by atoms with E-state index in [1.807, 2.05) is 48.5 Å². The van der Waals surface area contributed by atoms with Crippen molar-refractivity contribution in [2.75, 3.05) is 11.1 Å². The van der Waals surface area contributed by atoms with Crippen LogP contribution in [0.4, 0.5) is 10.8 Å². The average molecular weight is 416 g/mol. The molecule has 0 bridgehead atoms. The summed E-state index contributed by atoms with van der Waals surface area (Å²) in [5, 5.41) is 3.32. The fourth-order valence-corrected chi connectivity index (χ4v) is 4.33. The fourth-order valence-electron chi connectivity index (χ4n) is 2.79. The van der Waals surface area contributed by atoms with Crippen LogP contribution in [0.2, 0.25) is 0 Å². The SMILES string of the molecule is CC(=O)Nc1nc(CCc2ccc(N)cc2)c(-c2ccc(CS(=O)O)cc2)s1. The molecule has 0 fully saturated rings. The molecule has 0 radical (unpaired) electrons. The largest absolute Gasteiger partial charge is 0.399 e. The van der Waals surface area contributed by atoms with Gasteiger partial charge in [0.15, 0.2) is 16.2 Å². The molecule has 1 amide bonds. The number of thiazole rings is 1. The molecule has 0 aliphatic rings. The molecule has 8 heteroatoms.